The van der Waals surface area contributed by atoms with Crippen LogP contribution in [0.1, 0.15) is 35.7 Å². The van der Waals surface area contributed by atoms with Gasteiger partial charge in [-0.15, -0.1) is 12.4 Å². The average Bonchev–Trinajstić information content (AvgIpc) is 3.33. The first-order valence-corrected chi connectivity index (χ1v) is 8.67. The van der Waals surface area contributed by atoms with Gasteiger partial charge in [-0.2, -0.15) is 0 Å². The topological polar surface area (TPSA) is 88.6 Å². The molecule has 9 heteroatoms. The van der Waals surface area contributed by atoms with Crippen LogP contribution in [0.25, 0.3) is 10.9 Å². The van der Waals surface area contributed by atoms with E-state index in [1.54, 1.807) is 4.90 Å². The number of pyridine rings is 1. The number of benzene rings is 1. The number of rotatable bonds is 4. The van der Waals surface area contributed by atoms with Crippen LogP contribution < -0.4 is 16.1 Å². The molecular formula is C18H20ClF2N3O3. The number of anilines is 1. The van der Waals surface area contributed by atoms with Crippen LogP contribution in [-0.2, 0) is 0 Å². The molecule has 0 bridgehead atoms. The lowest BCUT2D eigenvalue weighted by molar-refractivity contribution is 0.0695. The highest BCUT2D eigenvalue weighted by Gasteiger charge is 2.32. The van der Waals surface area contributed by atoms with Crippen molar-refractivity contribution in [2.45, 2.75) is 25.3 Å². The normalized spacial score (nSPS) is 19.4. The number of fused-ring (bicyclic) bond motifs is 1. The molecule has 1 aromatic heterocycles. The van der Waals surface area contributed by atoms with E-state index >= 15 is 4.39 Å². The molecule has 0 radical (unpaired) electrons. The Morgan fingerprint density at radius 1 is 1.30 bits per heavy atom. The fraction of sp³-hybridized carbons (Fsp3) is 0.444. The third kappa shape index (κ3) is 3.17. The van der Waals surface area contributed by atoms with Crippen LogP contribution in [0.15, 0.2) is 17.1 Å². The number of hydrogen-bond donors (Lipinski definition) is 2. The van der Waals surface area contributed by atoms with Gasteiger partial charge in [0.15, 0.2) is 5.82 Å². The molecule has 1 unspecified atom stereocenters. The van der Waals surface area contributed by atoms with Crippen LogP contribution in [0.5, 0.6) is 0 Å². The van der Waals surface area contributed by atoms with Gasteiger partial charge in [0.2, 0.25) is 5.43 Å². The zero-order valence-corrected chi connectivity index (χ0v) is 15.3. The molecule has 0 spiro atoms. The number of aromatic nitrogens is 1. The minimum Gasteiger partial charge on any atom is -0.477 e. The molecule has 1 atom stereocenters. The van der Waals surface area contributed by atoms with E-state index in [2.05, 4.69) is 0 Å². The number of nitrogens with two attached hydrogens (primary N) is 1. The van der Waals surface area contributed by atoms with E-state index < -0.39 is 28.6 Å². The first-order valence-electron chi connectivity index (χ1n) is 8.67. The molecule has 1 saturated carbocycles. The Morgan fingerprint density at radius 3 is 2.56 bits per heavy atom. The van der Waals surface area contributed by atoms with Gasteiger partial charge in [-0.05, 0) is 37.8 Å². The quantitative estimate of drug-likeness (QED) is 0.824. The second-order valence-electron chi connectivity index (χ2n) is 7.07. The Bertz CT molecular complexity index is 975. The first-order chi connectivity index (χ1) is 12.4. The number of carbonyl (C=O) groups is 1. The molecule has 146 valence electrons. The van der Waals surface area contributed by atoms with Crippen molar-refractivity contribution < 1.29 is 18.7 Å². The van der Waals surface area contributed by atoms with Crippen LogP contribution in [0.3, 0.4) is 0 Å². The number of carboxylic acid groups (broad SMARTS) is 1. The van der Waals surface area contributed by atoms with Crippen molar-refractivity contribution in [3.8, 4) is 0 Å². The first kappa shape index (κ1) is 19.6. The van der Waals surface area contributed by atoms with Gasteiger partial charge < -0.3 is 20.3 Å². The molecule has 2 aromatic rings. The van der Waals surface area contributed by atoms with Crippen molar-refractivity contribution in [2.75, 3.05) is 24.5 Å². The van der Waals surface area contributed by atoms with E-state index in [-0.39, 0.29) is 41.0 Å². The lowest BCUT2D eigenvalue weighted by Crippen LogP contribution is -2.26. The molecule has 4 rings (SSSR count). The number of nitrogens with zero attached hydrogens (tertiary/aromatic N) is 2. The fourth-order valence-electron chi connectivity index (χ4n) is 3.74. The third-order valence-corrected chi connectivity index (χ3v) is 5.29. The van der Waals surface area contributed by atoms with Gasteiger partial charge in [0.05, 0.1) is 10.9 Å². The average molecular weight is 400 g/mol. The predicted molar refractivity (Wildman–Crippen MR) is 100.0 cm³/mol. The Kier molecular flexibility index (Phi) is 5.14. The van der Waals surface area contributed by atoms with Crippen molar-refractivity contribution in [3.05, 3.63) is 39.7 Å². The molecule has 27 heavy (non-hydrogen) atoms. The Hall–Kier alpha value is -2.19. The molecule has 1 aliphatic carbocycles. The summed E-state index contributed by atoms with van der Waals surface area (Å²) in [5.41, 5.74) is 4.14. The molecule has 3 N–H and O–H groups in total. The molecule has 1 saturated heterocycles. The van der Waals surface area contributed by atoms with Crippen molar-refractivity contribution in [2.24, 2.45) is 11.7 Å². The number of aromatic carboxylic acids is 1. The monoisotopic (exact) mass is 399 g/mol. The minimum absolute atomic E-state index is 0. The maximum Gasteiger partial charge on any atom is 0.341 e. The summed E-state index contributed by atoms with van der Waals surface area (Å²) in [5.74, 6) is -2.89. The van der Waals surface area contributed by atoms with E-state index in [0.717, 1.165) is 25.3 Å². The maximum absolute atomic E-state index is 15.4. The SMILES string of the molecule is Cl.NCC1CCN(c2c(F)cc3c(=O)c(C(=O)O)cn(C4CC4)c3c2F)C1. The van der Waals surface area contributed by atoms with Gasteiger partial charge in [-0.3, -0.25) is 4.79 Å². The molecule has 0 amide bonds. The lowest BCUT2D eigenvalue weighted by atomic mass is 10.1. The smallest absolute Gasteiger partial charge is 0.341 e. The number of halogens is 3. The molecular weight excluding hydrogens is 380 g/mol. The van der Waals surface area contributed by atoms with Gasteiger partial charge in [-0.25, -0.2) is 13.6 Å². The van der Waals surface area contributed by atoms with Crippen LogP contribution in [0.2, 0.25) is 0 Å². The van der Waals surface area contributed by atoms with E-state index in [4.69, 9.17) is 5.73 Å². The molecule has 1 aromatic carbocycles. The number of carboxylic acids is 1. The summed E-state index contributed by atoms with van der Waals surface area (Å²) in [4.78, 5) is 25.4. The van der Waals surface area contributed by atoms with Crippen LogP contribution in [0.4, 0.5) is 14.5 Å². The largest absolute Gasteiger partial charge is 0.477 e. The molecule has 2 heterocycles. The number of hydrogen-bond acceptors (Lipinski definition) is 4. The van der Waals surface area contributed by atoms with Crippen LogP contribution in [-0.4, -0.2) is 35.3 Å². The van der Waals surface area contributed by atoms with Gasteiger partial charge in [-0.1, -0.05) is 0 Å². The van der Waals surface area contributed by atoms with E-state index in [0.29, 0.717) is 19.6 Å². The zero-order chi connectivity index (χ0) is 18.6. The van der Waals surface area contributed by atoms with Gasteiger partial charge >= 0.3 is 5.97 Å². The Balaban J connectivity index is 0.00000210. The fourth-order valence-corrected chi connectivity index (χ4v) is 3.74. The van der Waals surface area contributed by atoms with E-state index in [1.165, 1.54) is 10.8 Å². The van der Waals surface area contributed by atoms with E-state index in [1.807, 2.05) is 0 Å². The Morgan fingerprint density at radius 2 is 2.00 bits per heavy atom. The van der Waals surface area contributed by atoms with Crippen LogP contribution in [0, 0.1) is 17.6 Å². The van der Waals surface area contributed by atoms with Gasteiger partial charge in [0.25, 0.3) is 0 Å². The molecule has 2 fully saturated rings. The van der Waals surface area contributed by atoms with E-state index in [9.17, 15) is 19.1 Å². The van der Waals surface area contributed by atoms with Crippen molar-refractivity contribution in [3.63, 3.8) is 0 Å². The Labute approximate surface area is 160 Å². The molecule has 2 aliphatic rings. The van der Waals surface area contributed by atoms with Crippen molar-refractivity contribution >= 4 is 35.0 Å². The summed E-state index contributed by atoms with van der Waals surface area (Å²) in [6.45, 7) is 1.39. The summed E-state index contributed by atoms with van der Waals surface area (Å²) in [6, 6.07) is 0.899. The van der Waals surface area contributed by atoms with Crippen molar-refractivity contribution in [1.29, 1.82) is 0 Å². The highest BCUT2D eigenvalue weighted by atomic mass is 35.5. The zero-order valence-electron chi connectivity index (χ0n) is 14.5. The maximum atomic E-state index is 15.4. The highest BCUT2D eigenvalue weighted by molar-refractivity contribution is 5.94. The highest BCUT2D eigenvalue weighted by Crippen LogP contribution is 2.40. The third-order valence-electron chi connectivity index (χ3n) is 5.29. The predicted octanol–water partition coefficient (Wildman–Crippen LogP) is 2.52. The van der Waals surface area contributed by atoms with Crippen molar-refractivity contribution in [1.82, 2.24) is 4.57 Å². The molecule has 1 aliphatic heterocycles. The lowest BCUT2D eigenvalue weighted by Gasteiger charge is -2.22. The second kappa shape index (κ2) is 7.09. The van der Waals surface area contributed by atoms with Gasteiger partial charge in [0, 0.05) is 25.3 Å². The summed E-state index contributed by atoms with van der Waals surface area (Å²) in [7, 11) is 0. The summed E-state index contributed by atoms with van der Waals surface area (Å²) in [5, 5.41) is 9.02. The standard InChI is InChI=1S/C18H19F2N3O3.ClH/c19-13-5-11-15(14(20)16(13)22-4-3-9(6-21)7-22)23(10-1-2-10)8-12(17(11)24)18(25)26;/h5,8-10H,1-4,6-7,21H2,(H,25,26);1H. The summed E-state index contributed by atoms with van der Waals surface area (Å²) >= 11 is 0. The molecule has 6 nitrogen and oxygen atoms in total. The summed E-state index contributed by atoms with van der Waals surface area (Å²) < 4.78 is 31.6. The minimum atomic E-state index is -1.40. The van der Waals surface area contributed by atoms with Crippen LogP contribution >= 0.6 is 12.4 Å². The second-order valence-corrected chi connectivity index (χ2v) is 7.07. The van der Waals surface area contributed by atoms with Gasteiger partial charge in [0.1, 0.15) is 17.1 Å². The summed E-state index contributed by atoms with van der Waals surface area (Å²) in [6.07, 6.45) is 3.47.